The SMILES string of the molecule is O=C(Nc1cccc(C(=O)N2CCN(c3ncnc4sccc34)CC2)c1)c1cccnc1. The number of pyridine rings is 1. The summed E-state index contributed by atoms with van der Waals surface area (Å²) in [5.41, 5.74) is 1.58. The first-order valence-corrected chi connectivity index (χ1v) is 11.1. The van der Waals surface area contributed by atoms with Gasteiger partial charge in [-0.25, -0.2) is 9.97 Å². The van der Waals surface area contributed by atoms with Crippen molar-refractivity contribution in [2.75, 3.05) is 36.4 Å². The number of carbonyl (C=O) groups is 2. The summed E-state index contributed by atoms with van der Waals surface area (Å²) in [7, 11) is 0. The summed E-state index contributed by atoms with van der Waals surface area (Å²) in [6, 6.07) is 12.5. The molecule has 1 aliphatic heterocycles. The maximum absolute atomic E-state index is 13.1. The summed E-state index contributed by atoms with van der Waals surface area (Å²) in [5.74, 6) is 0.606. The topological polar surface area (TPSA) is 91.3 Å². The smallest absolute Gasteiger partial charge is 0.257 e. The molecule has 0 aliphatic carbocycles. The van der Waals surface area contributed by atoms with Crippen molar-refractivity contribution in [1.29, 1.82) is 0 Å². The van der Waals surface area contributed by atoms with E-state index in [0.29, 0.717) is 43.0 Å². The highest BCUT2D eigenvalue weighted by molar-refractivity contribution is 7.16. The van der Waals surface area contributed by atoms with Crippen LogP contribution in [-0.2, 0) is 0 Å². The Morgan fingerprint density at radius 1 is 0.969 bits per heavy atom. The highest BCUT2D eigenvalue weighted by Gasteiger charge is 2.24. The Kier molecular flexibility index (Phi) is 5.47. The molecule has 2 amide bonds. The van der Waals surface area contributed by atoms with Crippen molar-refractivity contribution in [1.82, 2.24) is 19.9 Å². The molecule has 0 atom stereocenters. The van der Waals surface area contributed by atoms with Gasteiger partial charge >= 0.3 is 0 Å². The number of nitrogens with one attached hydrogen (secondary N) is 1. The second kappa shape index (κ2) is 8.72. The standard InChI is InChI=1S/C23H20N6O2S/c30-21(17-4-2-7-24-14-17)27-18-5-1-3-16(13-18)23(31)29-10-8-28(9-11-29)20-19-6-12-32-22(19)26-15-25-20/h1-7,12-15H,8-11H2,(H,27,30). The molecule has 0 radical (unpaired) electrons. The van der Waals surface area contributed by atoms with Crippen LogP contribution in [0, 0.1) is 0 Å². The minimum atomic E-state index is -0.263. The van der Waals surface area contributed by atoms with Gasteiger partial charge in [0.25, 0.3) is 11.8 Å². The van der Waals surface area contributed by atoms with Crippen LogP contribution in [0.25, 0.3) is 10.2 Å². The second-order valence-corrected chi connectivity index (χ2v) is 8.29. The first-order valence-electron chi connectivity index (χ1n) is 10.2. The predicted molar refractivity (Wildman–Crippen MR) is 124 cm³/mol. The van der Waals surface area contributed by atoms with E-state index in [-0.39, 0.29) is 11.8 Å². The molecular formula is C23H20N6O2S. The molecule has 9 heteroatoms. The van der Waals surface area contributed by atoms with Crippen LogP contribution < -0.4 is 10.2 Å². The summed E-state index contributed by atoms with van der Waals surface area (Å²) in [6.07, 6.45) is 4.71. The van der Waals surface area contributed by atoms with E-state index in [0.717, 1.165) is 16.0 Å². The van der Waals surface area contributed by atoms with Gasteiger partial charge in [0.2, 0.25) is 0 Å². The van der Waals surface area contributed by atoms with Crippen LogP contribution in [0.15, 0.2) is 66.6 Å². The molecule has 3 aromatic heterocycles. The Balaban J connectivity index is 1.25. The second-order valence-electron chi connectivity index (χ2n) is 7.39. The van der Waals surface area contributed by atoms with Gasteiger partial charge in [-0.2, -0.15) is 0 Å². The van der Waals surface area contributed by atoms with Gasteiger partial charge in [-0.1, -0.05) is 6.07 Å². The number of hydrogen-bond acceptors (Lipinski definition) is 7. The number of fused-ring (bicyclic) bond motifs is 1. The average molecular weight is 445 g/mol. The van der Waals surface area contributed by atoms with Crippen LogP contribution in [0.5, 0.6) is 0 Å². The van der Waals surface area contributed by atoms with Gasteiger partial charge < -0.3 is 15.1 Å². The molecule has 4 heterocycles. The molecular weight excluding hydrogens is 424 g/mol. The molecule has 0 bridgehead atoms. The van der Waals surface area contributed by atoms with Gasteiger partial charge in [0.05, 0.1) is 10.9 Å². The number of piperazine rings is 1. The monoisotopic (exact) mass is 444 g/mol. The minimum Gasteiger partial charge on any atom is -0.352 e. The number of benzene rings is 1. The fourth-order valence-corrected chi connectivity index (χ4v) is 4.49. The molecule has 1 aromatic carbocycles. The fourth-order valence-electron chi connectivity index (χ4n) is 3.76. The zero-order valence-corrected chi connectivity index (χ0v) is 18.0. The Morgan fingerprint density at radius 3 is 2.62 bits per heavy atom. The maximum Gasteiger partial charge on any atom is 0.257 e. The molecule has 0 saturated carbocycles. The third-order valence-electron chi connectivity index (χ3n) is 5.40. The van der Waals surface area contributed by atoms with E-state index in [1.807, 2.05) is 16.3 Å². The van der Waals surface area contributed by atoms with E-state index in [9.17, 15) is 9.59 Å². The zero-order chi connectivity index (χ0) is 21.9. The summed E-state index contributed by atoms with van der Waals surface area (Å²) >= 11 is 1.60. The van der Waals surface area contributed by atoms with Crippen molar-refractivity contribution < 1.29 is 9.59 Å². The molecule has 1 aliphatic rings. The lowest BCUT2D eigenvalue weighted by Gasteiger charge is -2.35. The minimum absolute atomic E-state index is 0.0505. The van der Waals surface area contributed by atoms with Gasteiger partial charge in [0.1, 0.15) is 17.0 Å². The number of nitrogens with zero attached hydrogens (tertiary/aromatic N) is 5. The fraction of sp³-hybridized carbons (Fsp3) is 0.174. The summed E-state index contributed by atoms with van der Waals surface area (Å²) in [4.78, 5) is 43.2. The zero-order valence-electron chi connectivity index (χ0n) is 17.1. The number of hydrogen-bond donors (Lipinski definition) is 1. The Morgan fingerprint density at radius 2 is 1.81 bits per heavy atom. The number of thiophene rings is 1. The molecule has 1 saturated heterocycles. The van der Waals surface area contributed by atoms with E-state index < -0.39 is 0 Å². The molecule has 8 nitrogen and oxygen atoms in total. The highest BCUT2D eigenvalue weighted by atomic mass is 32.1. The molecule has 1 fully saturated rings. The summed E-state index contributed by atoms with van der Waals surface area (Å²) < 4.78 is 0. The summed E-state index contributed by atoms with van der Waals surface area (Å²) in [5, 5.41) is 5.90. The third kappa shape index (κ3) is 4.02. The van der Waals surface area contributed by atoms with Crippen molar-refractivity contribution in [2.45, 2.75) is 0 Å². The molecule has 5 rings (SSSR count). The van der Waals surface area contributed by atoms with Gasteiger partial charge in [0, 0.05) is 49.8 Å². The van der Waals surface area contributed by atoms with Gasteiger partial charge in [-0.15, -0.1) is 11.3 Å². The van der Waals surface area contributed by atoms with Gasteiger partial charge in [-0.05, 0) is 41.8 Å². The first kappa shape index (κ1) is 20.1. The van der Waals surface area contributed by atoms with E-state index in [1.165, 1.54) is 6.20 Å². The van der Waals surface area contributed by atoms with E-state index in [2.05, 4.69) is 25.2 Å². The number of rotatable bonds is 4. The number of carbonyl (C=O) groups excluding carboxylic acids is 2. The molecule has 4 aromatic rings. The van der Waals surface area contributed by atoms with Crippen molar-refractivity contribution in [3.05, 3.63) is 77.7 Å². The van der Waals surface area contributed by atoms with Crippen LogP contribution >= 0.6 is 11.3 Å². The molecule has 0 unspecified atom stereocenters. The van der Waals surface area contributed by atoms with Crippen LogP contribution in [-0.4, -0.2) is 57.8 Å². The van der Waals surface area contributed by atoms with E-state index in [1.54, 1.807) is 60.3 Å². The van der Waals surface area contributed by atoms with Gasteiger partial charge in [-0.3, -0.25) is 14.6 Å². The molecule has 32 heavy (non-hydrogen) atoms. The number of amides is 2. The number of aromatic nitrogens is 3. The summed E-state index contributed by atoms with van der Waals surface area (Å²) in [6.45, 7) is 2.59. The molecule has 0 spiro atoms. The van der Waals surface area contributed by atoms with Crippen molar-refractivity contribution >= 4 is 44.9 Å². The lowest BCUT2D eigenvalue weighted by Crippen LogP contribution is -2.49. The third-order valence-corrected chi connectivity index (χ3v) is 6.22. The largest absolute Gasteiger partial charge is 0.352 e. The Bertz CT molecular complexity index is 1270. The average Bonchev–Trinajstić information content (AvgIpc) is 3.34. The first-order chi connectivity index (χ1) is 15.7. The van der Waals surface area contributed by atoms with E-state index in [4.69, 9.17) is 0 Å². The normalized spacial score (nSPS) is 13.9. The van der Waals surface area contributed by atoms with Crippen LogP contribution in [0.4, 0.5) is 11.5 Å². The lowest BCUT2D eigenvalue weighted by atomic mass is 10.1. The van der Waals surface area contributed by atoms with E-state index >= 15 is 0 Å². The number of anilines is 2. The molecule has 160 valence electrons. The van der Waals surface area contributed by atoms with Crippen molar-refractivity contribution in [2.24, 2.45) is 0 Å². The lowest BCUT2D eigenvalue weighted by molar-refractivity contribution is 0.0746. The Labute approximate surface area is 188 Å². The van der Waals surface area contributed by atoms with Crippen molar-refractivity contribution in [3.8, 4) is 0 Å². The quantitative estimate of drug-likeness (QED) is 0.519. The van der Waals surface area contributed by atoms with Crippen molar-refractivity contribution in [3.63, 3.8) is 0 Å². The Hall–Kier alpha value is -3.85. The van der Waals surface area contributed by atoms with Gasteiger partial charge in [0.15, 0.2) is 0 Å². The molecule has 1 N–H and O–H groups in total. The predicted octanol–water partition coefficient (Wildman–Crippen LogP) is 3.30. The van der Waals surface area contributed by atoms with Crippen LogP contribution in [0.2, 0.25) is 0 Å². The van der Waals surface area contributed by atoms with Crippen LogP contribution in [0.1, 0.15) is 20.7 Å². The maximum atomic E-state index is 13.1. The van der Waals surface area contributed by atoms with Crippen LogP contribution in [0.3, 0.4) is 0 Å². The highest BCUT2D eigenvalue weighted by Crippen LogP contribution is 2.27.